The second-order valence-electron chi connectivity index (χ2n) is 8.85. The lowest BCUT2D eigenvalue weighted by atomic mass is 9.94. The molecule has 0 aliphatic carbocycles. The molecule has 3 N–H and O–H groups in total. The average molecular weight is 592 g/mol. The van der Waals surface area contributed by atoms with Crippen molar-refractivity contribution in [2.45, 2.75) is 49.8 Å². The van der Waals surface area contributed by atoms with Gasteiger partial charge in [-0.2, -0.15) is 0 Å². The summed E-state index contributed by atoms with van der Waals surface area (Å²) >= 11 is 13.0. The summed E-state index contributed by atoms with van der Waals surface area (Å²) in [4.78, 5) is 27.5. The number of carbonyl (C=O) groups excluding carboxylic acids is 2. The van der Waals surface area contributed by atoms with Gasteiger partial charge in [0, 0.05) is 25.9 Å². The number of hydrogen-bond acceptors (Lipinski definition) is 7. The van der Waals surface area contributed by atoms with E-state index in [4.69, 9.17) is 33.7 Å². The molecule has 3 rings (SSSR count). The average Bonchev–Trinajstić information content (AvgIpc) is 2.86. The molecule has 1 atom stereocenters. The van der Waals surface area contributed by atoms with Crippen LogP contribution in [0, 0.1) is 0 Å². The molecule has 1 fully saturated rings. The summed E-state index contributed by atoms with van der Waals surface area (Å²) in [5, 5.41) is 2.77. The number of amides is 1. The van der Waals surface area contributed by atoms with Gasteiger partial charge in [0.05, 0.1) is 56.7 Å². The van der Waals surface area contributed by atoms with Crippen molar-refractivity contribution in [1.82, 2.24) is 0 Å². The van der Waals surface area contributed by atoms with Gasteiger partial charge in [0.25, 0.3) is 5.92 Å². The van der Waals surface area contributed by atoms with Gasteiger partial charge in [-0.25, -0.2) is 17.2 Å². The maximum atomic E-state index is 13.7. The first kappa shape index (κ1) is 29.9. The second kappa shape index (κ2) is 12.0. The standard InChI is InChI=1S/C25H29Cl2F2N3O5S/c1-3-37-20(33)13-17(15-5-7-16(8-6-15)38(35,36)4-2)24(34)31-22-19(30)14-18(26)23(21(22)27)32-11-9-25(28,29)10-12-32/h5-8,14,17H,3-4,9-13,30H2,1-2H3,(H,31,34). The summed E-state index contributed by atoms with van der Waals surface area (Å²) in [7, 11) is -3.47. The summed E-state index contributed by atoms with van der Waals surface area (Å²) < 4.78 is 56.8. The fraction of sp³-hybridized carbons (Fsp3) is 0.440. The minimum atomic E-state index is -3.47. The van der Waals surface area contributed by atoms with Gasteiger partial charge in [-0.3, -0.25) is 9.59 Å². The zero-order valence-corrected chi connectivity index (χ0v) is 23.2. The third-order valence-corrected chi connectivity index (χ3v) is 8.70. The Kier molecular flexibility index (Phi) is 9.48. The number of esters is 1. The van der Waals surface area contributed by atoms with E-state index in [1.165, 1.54) is 37.3 Å². The molecule has 0 radical (unpaired) electrons. The Morgan fingerprint density at radius 2 is 1.76 bits per heavy atom. The lowest BCUT2D eigenvalue weighted by molar-refractivity contribution is -0.144. The number of nitrogens with one attached hydrogen (secondary N) is 1. The Hall–Kier alpha value is -2.63. The molecule has 0 aromatic heterocycles. The topological polar surface area (TPSA) is 119 Å². The van der Waals surface area contributed by atoms with E-state index in [0.29, 0.717) is 5.56 Å². The summed E-state index contributed by atoms with van der Waals surface area (Å²) in [5.74, 6) is -5.24. The highest BCUT2D eigenvalue weighted by atomic mass is 35.5. The second-order valence-corrected chi connectivity index (χ2v) is 11.9. The molecule has 208 valence electrons. The van der Waals surface area contributed by atoms with Crippen LogP contribution in [0.2, 0.25) is 10.0 Å². The maximum absolute atomic E-state index is 13.7. The first-order valence-electron chi connectivity index (χ1n) is 12.0. The summed E-state index contributed by atoms with van der Waals surface area (Å²) in [6.07, 6.45) is -1.09. The van der Waals surface area contributed by atoms with Crippen molar-refractivity contribution in [1.29, 1.82) is 0 Å². The summed E-state index contributed by atoms with van der Waals surface area (Å²) in [5.41, 5.74) is 6.80. The first-order chi connectivity index (χ1) is 17.8. The van der Waals surface area contributed by atoms with Gasteiger partial charge >= 0.3 is 5.97 Å². The number of rotatable bonds is 9. The molecule has 1 unspecified atom stereocenters. The van der Waals surface area contributed by atoms with Crippen molar-refractivity contribution in [3.8, 4) is 0 Å². The summed E-state index contributed by atoms with van der Waals surface area (Å²) in [6, 6.07) is 7.02. The number of benzene rings is 2. The number of hydrogen-bond donors (Lipinski definition) is 2. The van der Waals surface area contributed by atoms with E-state index in [0.717, 1.165) is 0 Å². The van der Waals surface area contributed by atoms with Crippen LogP contribution in [0.1, 0.15) is 44.6 Å². The molecule has 1 aliphatic rings. The Labute approximate surface area is 230 Å². The van der Waals surface area contributed by atoms with E-state index < -0.39 is 33.6 Å². The molecular weight excluding hydrogens is 563 g/mol. The van der Waals surface area contributed by atoms with Crippen molar-refractivity contribution >= 4 is 62.0 Å². The van der Waals surface area contributed by atoms with Gasteiger partial charge < -0.3 is 20.7 Å². The predicted octanol–water partition coefficient (Wildman–Crippen LogP) is 5.28. The van der Waals surface area contributed by atoms with Crippen molar-refractivity contribution in [2.75, 3.05) is 41.4 Å². The van der Waals surface area contributed by atoms with Crippen LogP contribution < -0.4 is 16.0 Å². The minimum Gasteiger partial charge on any atom is -0.466 e. The van der Waals surface area contributed by atoms with Crippen LogP contribution in [0.5, 0.6) is 0 Å². The zero-order valence-electron chi connectivity index (χ0n) is 20.9. The fourth-order valence-corrected chi connectivity index (χ4v) is 5.78. The Morgan fingerprint density at radius 3 is 2.32 bits per heavy atom. The van der Waals surface area contributed by atoms with E-state index in [1.54, 1.807) is 11.8 Å². The number of sulfone groups is 1. The Balaban J connectivity index is 1.95. The van der Waals surface area contributed by atoms with E-state index in [1.807, 2.05) is 0 Å². The molecule has 13 heteroatoms. The van der Waals surface area contributed by atoms with Crippen LogP contribution >= 0.6 is 23.2 Å². The molecule has 2 aromatic rings. The van der Waals surface area contributed by atoms with E-state index in [9.17, 15) is 26.8 Å². The van der Waals surface area contributed by atoms with Crippen LogP contribution in [0.25, 0.3) is 0 Å². The van der Waals surface area contributed by atoms with Crippen LogP contribution in [0.3, 0.4) is 0 Å². The smallest absolute Gasteiger partial charge is 0.306 e. The van der Waals surface area contributed by atoms with Crippen LogP contribution in [0.15, 0.2) is 35.2 Å². The SMILES string of the molecule is CCOC(=O)CC(C(=O)Nc1c(N)cc(Cl)c(N2CCC(F)(F)CC2)c1Cl)c1ccc(S(=O)(=O)CC)cc1. The highest BCUT2D eigenvalue weighted by Crippen LogP contribution is 2.45. The molecule has 0 bridgehead atoms. The number of piperidine rings is 1. The van der Waals surface area contributed by atoms with Gasteiger partial charge in [0.2, 0.25) is 5.91 Å². The quantitative estimate of drug-likeness (QED) is 0.301. The number of halogens is 4. The maximum Gasteiger partial charge on any atom is 0.306 e. The van der Waals surface area contributed by atoms with E-state index >= 15 is 0 Å². The van der Waals surface area contributed by atoms with Gasteiger partial charge in [-0.15, -0.1) is 0 Å². The number of alkyl halides is 2. The number of nitrogens with two attached hydrogens (primary N) is 1. The number of anilines is 3. The fourth-order valence-electron chi connectivity index (χ4n) is 4.13. The third-order valence-electron chi connectivity index (χ3n) is 6.30. The zero-order chi connectivity index (χ0) is 28.3. The molecule has 1 heterocycles. The van der Waals surface area contributed by atoms with Gasteiger partial charge in [0.15, 0.2) is 9.84 Å². The van der Waals surface area contributed by atoms with Crippen molar-refractivity contribution < 1.29 is 31.5 Å². The lowest BCUT2D eigenvalue weighted by Crippen LogP contribution is -2.39. The largest absolute Gasteiger partial charge is 0.466 e. The molecule has 0 saturated carbocycles. The molecular formula is C25H29Cl2F2N3O5S. The molecule has 8 nitrogen and oxygen atoms in total. The minimum absolute atomic E-state index is 0.00223. The number of nitrogens with zero attached hydrogens (tertiary/aromatic N) is 1. The highest BCUT2D eigenvalue weighted by molar-refractivity contribution is 7.91. The number of nitrogen functional groups attached to an aromatic ring is 1. The van der Waals surface area contributed by atoms with Crippen molar-refractivity contribution in [3.63, 3.8) is 0 Å². The first-order valence-corrected chi connectivity index (χ1v) is 14.4. The lowest BCUT2D eigenvalue weighted by Gasteiger charge is -2.35. The molecule has 38 heavy (non-hydrogen) atoms. The van der Waals surface area contributed by atoms with Gasteiger partial charge in [0.1, 0.15) is 0 Å². The van der Waals surface area contributed by atoms with E-state index in [2.05, 4.69) is 5.32 Å². The predicted molar refractivity (Wildman–Crippen MR) is 144 cm³/mol. The number of carbonyl (C=O) groups is 2. The summed E-state index contributed by atoms with van der Waals surface area (Å²) in [6.45, 7) is 3.26. The van der Waals surface area contributed by atoms with Crippen molar-refractivity contribution in [2.24, 2.45) is 0 Å². The van der Waals surface area contributed by atoms with Crippen LogP contribution in [-0.2, 0) is 24.2 Å². The normalized spacial score (nSPS) is 16.1. The molecule has 0 spiro atoms. The molecule has 1 aliphatic heterocycles. The highest BCUT2D eigenvalue weighted by Gasteiger charge is 2.36. The molecule has 1 amide bonds. The molecule has 2 aromatic carbocycles. The van der Waals surface area contributed by atoms with Crippen LogP contribution in [0.4, 0.5) is 25.8 Å². The van der Waals surface area contributed by atoms with Crippen LogP contribution in [-0.4, -0.2) is 51.7 Å². The van der Waals surface area contributed by atoms with E-state index in [-0.39, 0.29) is 76.7 Å². The van der Waals surface area contributed by atoms with Gasteiger partial charge in [-0.1, -0.05) is 42.3 Å². The van der Waals surface area contributed by atoms with Gasteiger partial charge in [-0.05, 0) is 30.7 Å². The van der Waals surface area contributed by atoms with Crippen molar-refractivity contribution in [3.05, 3.63) is 45.9 Å². The number of ether oxygens (including phenoxy) is 1. The monoisotopic (exact) mass is 591 g/mol. The Bertz CT molecular complexity index is 1300. The molecule has 1 saturated heterocycles. The Morgan fingerprint density at radius 1 is 1.16 bits per heavy atom. The third kappa shape index (κ3) is 6.86.